The number of rotatable bonds is 3. The second-order valence-corrected chi connectivity index (χ2v) is 10.9. The summed E-state index contributed by atoms with van der Waals surface area (Å²) >= 11 is 0. The molecule has 0 saturated carbocycles. The van der Waals surface area contributed by atoms with E-state index in [4.69, 9.17) is 0 Å². The summed E-state index contributed by atoms with van der Waals surface area (Å²) in [5.74, 6) is -0.0270. The van der Waals surface area contributed by atoms with Crippen molar-refractivity contribution in [3.8, 4) is 0 Å². The maximum absolute atomic E-state index is 12.8. The van der Waals surface area contributed by atoms with E-state index >= 15 is 0 Å². The van der Waals surface area contributed by atoms with Crippen molar-refractivity contribution in [3.05, 3.63) is 75.7 Å². The van der Waals surface area contributed by atoms with E-state index < -0.39 is 7.14 Å². The number of hydrogen-bond acceptors (Lipinski definition) is 4. The summed E-state index contributed by atoms with van der Waals surface area (Å²) in [5, 5.41) is 8.20. The molecule has 0 radical (unpaired) electrons. The number of carbonyl (C=O) groups excluding carboxylic acids is 1. The van der Waals surface area contributed by atoms with Crippen molar-refractivity contribution in [2.45, 2.75) is 6.42 Å². The molecule has 1 N–H and O–H groups in total. The molecule has 0 aliphatic carbocycles. The first-order chi connectivity index (χ1) is 13.4. The number of aromatic amines is 1. The Morgan fingerprint density at radius 2 is 1.82 bits per heavy atom. The van der Waals surface area contributed by atoms with Gasteiger partial charge in [-0.1, -0.05) is 30.3 Å². The van der Waals surface area contributed by atoms with Crippen LogP contribution >= 0.6 is 7.14 Å². The summed E-state index contributed by atoms with van der Waals surface area (Å²) < 4.78 is 12.2. The van der Waals surface area contributed by atoms with Gasteiger partial charge in [0.15, 0.2) is 0 Å². The Bertz CT molecular complexity index is 1140. The first-order valence-electron chi connectivity index (χ1n) is 9.33. The number of H-pyrrole nitrogens is 1. The van der Waals surface area contributed by atoms with E-state index in [1.807, 2.05) is 49.1 Å². The minimum absolute atomic E-state index is 0.0270. The summed E-state index contributed by atoms with van der Waals surface area (Å²) in [4.78, 5) is 26.6. The third kappa shape index (κ3) is 3.78. The van der Waals surface area contributed by atoms with Crippen LogP contribution in [-0.4, -0.2) is 53.1 Å². The van der Waals surface area contributed by atoms with E-state index in [0.29, 0.717) is 42.8 Å². The van der Waals surface area contributed by atoms with Gasteiger partial charge in [0.25, 0.3) is 11.5 Å². The number of benzene rings is 2. The van der Waals surface area contributed by atoms with Crippen LogP contribution in [0.15, 0.2) is 53.3 Å². The molecule has 144 valence electrons. The maximum atomic E-state index is 12.8. The van der Waals surface area contributed by atoms with Crippen LogP contribution in [-0.2, 0) is 11.0 Å². The van der Waals surface area contributed by atoms with Crippen LogP contribution in [0.25, 0.3) is 10.8 Å². The average Bonchev–Trinajstić information content (AvgIpc) is 2.70. The van der Waals surface area contributed by atoms with E-state index in [0.717, 1.165) is 16.6 Å². The summed E-state index contributed by atoms with van der Waals surface area (Å²) in [6.45, 7) is 2.91. The average molecular weight is 395 g/mol. The third-order valence-corrected chi connectivity index (χ3v) is 7.59. The van der Waals surface area contributed by atoms with Crippen molar-refractivity contribution in [2.75, 3.05) is 32.1 Å². The predicted octanol–water partition coefficient (Wildman–Crippen LogP) is 2.96. The predicted molar refractivity (Wildman–Crippen MR) is 111 cm³/mol. The molecule has 6 nitrogen and oxygen atoms in total. The maximum Gasteiger partial charge on any atom is 0.272 e. The van der Waals surface area contributed by atoms with Crippen molar-refractivity contribution >= 4 is 23.8 Å². The van der Waals surface area contributed by atoms with Crippen molar-refractivity contribution in [1.82, 2.24) is 15.1 Å². The SMILES string of the molecule is CP1(=O)CCN(C(=O)c2cccc(Cc3n[nH]c(=O)c4ccccc34)c2)CC1. The molecular formula is C21H22N3O3P. The molecule has 1 aliphatic rings. The molecule has 28 heavy (non-hydrogen) atoms. The van der Waals surface area contributed by atoms with Crippen LogP contribution in [0.3, 0.4) is 0 Å². The van der Waals surface area contributed by atoms with Crippen molar-refractivity contribution in [1.29, 1.82) is 0 Å². The summed E-state index contributed by atoms with van der Waals surface area (Å²) in [7, 11) is -2.07. The molecule has 1 saturated heterocycles. The lowest BCUT2D eigenvalue weighted by Crippen LogP contribution is -2.39. The number of nitrogens with one attached hydrogen (secondary N) is 1. The molecule has 3 aromatic rings. The molecule has 0 bridgehead atoms. The highest BCUT2D eigenvalue weighted by atomic mass is 31.2. The normalized spacial score (nSPS) is 16.2. The van der Waals surface area contributed by atoms with Crippen LogP contribution < -0.4 is 5.56 Å². The lowest BCUT2D eigenvalue weighted by molar-refractivity contribution is 0.0769. The Kier molecular flexibility index (Phi) is 4.90. The molecule has 1 aliphatic heterocycles. The first kappa shape index (κ1) is 18.6. The molecule has 1 amide bonds. The molecule has 0 spiro atoms. The van der Waals surface area contributed by atoms with Gasteiger partial charge in [-0.25, -0.2) is 5.10 Å². The lowest BCUT2D eigenvalue weighted by Gasteiger charge is -2.30. The molecule has 1 fully saturated rings. The molecule has 4 rings (SSSR count). The van der Waals surface area contributed by atoms with Crippen LogP contribution in [0.5, 0.6) is 0 Å². The fraction of sp³-hybridized carbons (Fsp3) is 0.286. The molecule has 1 aromatic heterocycles. The molecule has 2 heterocycles. The Balaban J connectivity index is 1.58. The van der Waals surface area contributed by atoms with Gasteiger partial charge in [0, 0.05) is 42.8 Å². The Labute approximate surface area is 162 Å². The van der Waals surface area contributed by atoms with Gasteiger partial charge in [-0.05, 0) is 30.4 Å². The first-order valence-corrected chi connectivity index (χ1v) is 11.9. The Morgan fingerprint density at radius 3 is 2.57 bits per heavy atom. The Morgan fingerprint density at radius 1 is 1.11 bits per heavy atom. The molecule has 0 atom stereocenters. The second kappa shape index (κ2) is 7.36. The monoisotopic (exact) mass is 395 g/mol. The number of aromatic nitrogens is 2. The van der Waals surface area contributed by atoms with Gasteiger partial charge in [-0.3, -0.25) is 9.59 Å². The standard InChI is InChI=1S/C21H22N3O3P/c1-28(27)11-9-24(10-12-28)21(26)16-6-4-5-15(13-16)14-19-17-7-2-3-8-18(17)20(25)23-22-19/h2-8,13H,9-12,14H2,1H3,(H,23,25). The highest BCUT2D eigenvalue weighted by Gasteiger charge is 2.27. The van der Waals surface area contributed by atoms with Crippen LogP contribution in [0.4, 0.5) is 0 Å². The minimum Gasteiger partial charge on any atom is -0.338 e. The van der Waals surface area contributed by atoms with Gasteiger partial charge in [0.1, 0.15) is 0 Å². The van der Waals surface area contributed by atoms with Crippen LogP contribution in [0.1, 0.15) is 21.6 Å². The topological polar surface area (TPSA) is 83.1 Å². The fourth-order valence-electron chi connectivity index (χ4n) is 3.59. The number of amides is 1. The molecule has 7 heteroatoms. The minimum atomic E-state index is -2.07. The largest absolute Gasteiger partial charge is 0.338 e. The number of carbonyl (C=O) groups is 1. The quantitative estimate of drug-likeness (QED) is 0.691. The zero-order valence-electron chi connectivity index (χ0n) is 15.7. The zero-order chi connectivity index (χ0) is 19.7. The van der Waals surface area contributed by atoms with E-state index in [9.17, 15) is 14.2 Å². The van der Waals surface area contributed by atoms with Gasteiger partial charge in [0.2, 0.25) is 0 Å². The van der Waals surface area contributed by atoms with Gasteiger partial charge in [-0.2, -0.15) is 5.10 Å². The number of hydrogen-bond donors (Lipinski definition) is 1. The molecule has 2 aromatic carbocycles. The van der Waals surface area contributed by atoms with Crippen LogP contribution in [0, 0.1) is 0 Å². The van der Waals surface area contributed by atoms with Gasteiger partial charge < -0.3 is 9.46 Å². The molecular weight excluding hydrogens is 373 g/mol. The summed E-state index contributed by atoms with van der Waals surface area (Å²) in [6, 6.07) is 14.9. The van der Waals surface area contributed by atoms with E-state index in [1.165, 1.54) is 0 Å². The van der Waals surface area contributed by atoms with Gasteiger partial charge in [0.05, 0.1) is 18.2 Å². The number of fused-ring (bicyclic) bond motifs is 1. The van der Waals surface area contributed by atoms with E-state index in [1.54, 1.807) is 11.0 Å². The van der Waals surface area contributed by atoms with Crippen LogP contribution in [0.2, 0.25) is 0 Å². The summed E-state index contributed by atoms with van der Waals surface area (Å²) in [5.41, 5.74) is 2.14. The second-order valence-electron chi connectivity index (χ2n) is 7.46. The molecule has 0 unspecified atom stereocenters. The highest BCUT2D eigenvalue weighted by molar-refractivity contribution is 7.63. The van der Waals surface area contributed by atoms with E-state index in [-0.39, 0.29) is 11.5 Å². The number of nitrogens with zero attached hydrogens (tertiary/aromatic N) is 2. The van der Waals surface area contributed by atoms with Gasteiger partial charge >= 0.3 is 0 Å². The fourth-order valence-corrected chi connectivity index (χ4v) is 5.14. The third-order valence-electron chi connectivity index (χ3n) is 5.29. The highest BCUT2D eigenvalue weighted by Crippen LogP contribution is 2.43. The Hall–Kier alpha value is -2.72. The zero-order valence-corrected chi connectivity index (χ0v) is 16.6. The van der Waals surface area contributed by atoms with Crippen molar-refractivity contribution in [3.63, 3.8) is 0 Å². The summed E-state index contributed by atoms with van der Waals surface area (Å²) in [6.07, 6.45) is 1.69. The van der Waals surface area contributed by atoms with Crippen molar-refractivity contribution in [2.24, 2.45) is 0 Å². The lowest BCUT2D eigenvalue weighted by atomic mass is 10.0. The van der Waals surface area contributed by atoms with E-state index in [2.05, 4.69) is 10.2 Å². The van der Waals surface area contributed by atoms with Crippen molar-refractivity contribution < 1.29 is 9.36 Å². The smallest absolute Gasteiger partial charge is 0.272 e. The van der Waals surface area contributed by atoms with Gasteiger partial charge in [-0.15, -0.1) is 0 Å².